The molecule has 0 atom stereocenters. The van der Waals surface area contributed by atoms with E-state index in [9.17, 15) is 14.7 Å². The first-order valence-electron chi connectivity index (χ1n) is 7.52. The third-order valence-electron chi connectivity index (χ3n) is 3.55. The van der Waals surface area contributed by atoms with E-state index >= 15 is 0 Å². The molecule has 3 rings (SSSR count). The summed E-state index contributed by atoms with van der Waals surface area (Å²) in [6, 6.07) is 12.5. The SMILES string of the molecule is Cc1cccc(-n2nc(C(=O)Nc3ccc(Cl)c(Cl)c3)c(O)cc2=O)c1. The predicted octanol–water partition coefficient (Wildman–Crippen LogP) is 3.81. The fourth-order valence-electron chi connectivity index (χ4n) is 2.32. The number of rotatable bonds is 3. The monoisotopic (exact) mass is 389 g/mol. The van der Waals surface area contributed by atoms with Crippen LogP contribution in [0.5, 0.6) is 5.75 Å². The van der Waals surface area contributed by atoms with Crippen LogP contribution < -0.4 is 10.9 Å². The molecule has 0 aliphatic carbocycles. The fraction of sp³-hybridized carbons (Fsp3) is 0.0556. The average Bonchev–Trinajstić information content (AvgIpc) is 2.58. The zero-order chi connectivity index (χ0) is 18.8. The number of anilines is 1. The maximum atomic E-state index is 12.5. The van der Waals surface area contributed by atoms with Crippen molar-refractivity contribution in [1.82, 2.24) is 9.78 Å². The maximum Gasteiger partial charge on any atom is 0.279 e. The van der Waals surface area contributed by atoms with E-state index in [0.717, 1.165) is 16.3 Å². The van der Waals surface area contributed by atoms with E-state index in [1.807, 2.05) is 13.0 Å². The van der Waals surface area contributed by atoms with Gasteiger partial charge in [0, 0.05) is 11.8 Å². The van der Waals surface area contributed by atoms with E-state index in [1.165, 1.54) is 12.1 Å². The second-order valence-electron chi connectivity index (χ2n) is 5.55. The smallest absolute Gasteiger partial charge is 0.279 e. The summed E-state index contributed by atoms with van der Waals surface area (Å²) in [4.78, 5) is 24.6. The summed E-state index contributed by atoms with van der Waals surface area (Å²) in [5.41, 5.74) is 0.931. The Morgan fingerprint density at radius 2 is 1.88 bits per heavy atom. The summed E-state index contributed by atoms with van der Waals surface area (Å²) in [6.07, 6.45) is 0. The first kappa shape index (κ1) is 18.0. The van der Waals surface area contributed by atoms with Crippen molar-refractivity contribution in [3.05, 3.63) is 80.2 Å². The average molecular weight is 390 g/mol. The van der Waals surface area contributed by atoms with E-state index in [2.05, 4.69) is 10.4 Å². The number of carbonyl (C=O) groups excluding carboxylic acids is 1. The first-order chi connectivity index (χ1) is 12.3. The topological polar surface area (TPSA) is 84.2 Å². The summed E-state index contributed by atoms with van der Waals surface area (Å²) in [7, 11) is 0. The van der Waals surface area contributed by atoms with Gasteiger partial charge in [-0.05, 0) is 42.8 Å². The number of aromatic hydroxyl groups is 1. The predicted molar refractivity (Wildman–Crippen MR) is 101 cm³/mol. The van der Waals surface area contributed by atoms with Gasteiger partial charge in [-0.25, -0.2) is 0 Å². The van der Waals surface area contributed by atoms with Gasteiger partial charge in [0.05, 0.1) is 15.7 Å². The molecule has 0 radical (unpaired) electrons. The van der Waals surface area contributed by atoms with Crippen LogP contribution in [0.4, 0.5) is 5.69 Å². The minimum atomic E-state index is -0.692. The lowest BCUT2D eigenvalue weighted by molar-refractivity contribution is 0.101. The molecule has 3 aromatic rings. The highest BCUT2D eigenvalue weighted by Crippen LogP contribution is 2.25. The molecule has 2 aromatic carbocycles. The Labute approximate surface area is 158 Å². The van der Waals surface area contributed by atoms with E-state index in [0.29, 0.717) is 16.4 Å². The zero-order valence-electron chi connectivity index (χ0n) is 13.5. The highest BCUT2D eigenvalue weighted by atomic mass is 35.5. The second-order valence-corrected chi connectivity index (χ2v) is 6.36. The van der Waals surface area contributed by atoms with E-state index in [1.54, 1.807) is 24.3 Å². The van der Waals surface area contributed by atoms with Crippen molar-refractivity contribution in [1.29, 1.82) is 0 Å². The van der Waals surface area contributed by atoms with Gasteiger partial charge >= 0.3 is 0 Å². The van der Waals surface area contributed by atoms with E-state index in [4.69, 9.17) is 23.2 Å². The van der Waals surface area contributed by atoms with Crippen LogP contribution in [0, 0.1) is 6.92 Å². The Hall–Kier alpha value is -2.83. The van der Waals surface area contributed by atoms with Crippen molar-refractivity contribution in [3.63, 3.8) is 0 Å². The Morgan fingerprint density at radius 1 is 1.12 bits per heavy atom. The highest BCUT2D eigenvalue weighted by molar-refractivity contribution is 6.42. The summed E-state index contributed by atoms with van der Waals surface area (Å²) >= 11 is 11.8. The lowest BCUT2D eigenvalue weighted by Gasteiger charge is -2.10. The first-order valence-corrected chi connectivity index (χ1v) is 8.27. The van der Waals surface area contributed by atoms with Crippen LogP contribution in [-0.4, -0.2) is 20.8 Å². The van der Waals surface area contributed by atoms with Crippen LogP contribution in [0.1, 0.15) is 16.1 Å². The molecule has 0 saturated heterocycles. The summed E-state index contributed by atoms with van der Waals surface area (Å²) < 4.78 is 1.05. The number of carbonyl (C=O) groups is 1. The van der Waals surface area contributed by atoms with Crippen LogP contribution in [0.15, 0.2) is 53.3 Å². The van der Waals surface area contributed by atoms with Crippen molar-refractivity contribution < 1.29 is 9.90 Å². The molecule has 1 aromatic heterocycles. The number of hydrogen-bond acceptors (Lipinski definition) is 4. The van der Waals surface area contributed by atoms with Gasteiger partial charge in [-0.1, -0.05) is 35.3 Å². The largest absolute Gasteiger partial charge is 0.505 e. The number of halogens is 2. The van der Waals surface area contributed by atoms with Gasteiger partial charge in [-0.15, -0.1) is 0 Å². The number of nitrogens with zero attached hydrogens (tertiary/aromatic N) is 2. The third kappa shape index (κ3) is 3.71. The molecule has 0 unspecified atom stereocenters. The van der Waals surface area contributed by atoms with E-state index < -0.39 is 17.2 Å². The quantitative estimate of drug-likeness (QED) is 0.713. The van der Waals surface area contributed by atoms with Crippen LogP contribution in [-0.2, 0) is 0 Å². The lowest BCUT2D eigenvalue weighted by Crippen LogP contribution is -2.25. The number of hydrogen-bond donors (Lipinski definition) is 2. The van der Waals surface area contributed by atoms with Crippen molar-refractivity contribution in [2.45, 2.75) is 6.92 Å². The highest BCUT2D eigenvalue weighted by Gasteiger charge is 2.17. The van der Waals surface area contributed by atoms with Crippen LogP contribution in [0.2, 0.25) is 10.0 Å². The van der Waals surface area contributed by atoms with Crippen LogP contribution in [0.3, 0.4) is 0 Å². The second kappa shape index (κ2) is 7.19. The molecule has 0 bridgehead atoms. The van der Waals surface area contributed by atoms with Gasteiger partial charge in [0.25, 0.3) is 11.5 Å². The molecule has 1 heterocycles. The Morgan fingerprint density at radius 3 is 2.58 bits per heavy atom. The number of amides is 1. The molecule has 0 aliphatic heterocycles. The maximum absolute atomic E-state index is 12.5. The summed E-state index contributed by atoms with van der Waals surface area (Å²) in [5.74, 6) is -1.21. The summed E-state index contributed by atoms with van der Waals surface area (Å²) in [5, 5.41) is 17.2. The van der Waals surface area contributed by atoms with Crippen LogP contribution >= 0.6 is 23.2 Å². The minimum absolute atomic E-state index is 0.270. The van der Waals surface area contributed by atoms with Gasteiger partial charge < -0.3 is 10.4 Å². The van der Waals surface area contributed by atoms with E-state index in [-0.39, 0.29) is 10.7 Å². The third-order valence-corrected chi connectivity index (χ3v) is 4.29. The van der Waals surface area contributed by atoms with Crippen molar-refractivity contribution in [3.8, 4) is 11.4 Å². The van der Waals surface area contributed by atoms with Gasteiger partial charge in [-0.3, -0.25) is 9.59 Å². The van der Waals surface area contributed by atoms with Gasteiger partial charge in [-0.2, -0.15) is 9.78 Å². The summed E-state index contributed by atoms with van der Waals surface area (Å²) in [6.45, 7) is 1.87. The molecule has 0 spiro atoms. The number of benzene rings is 2. The molecule has 1 amide bonds. The van der Waals surface area contributed by atoms with Gasteiger partial charge in [0.15, 0.2) is 11.4 Å². The van der Waals surface area contributed by atoms with Crippen molar-refractivity contribution >= 4 is 34.8 Å². The van der Waals surface area contributed by atoms with Gasteiger partial charge in [0.1, 0.15) is 0 Å². The molecule has 6 nitrogen and oxygen atoms in total. The van der Waals surface area contributed by atoms with Gasteiger partial charge in [0.2, 0.25) is 0 Å². The molecular formula is C18H13Cl2N3O3. The Kier molecular flexibility index (Phi) is 4.97. The Bertz CT molecular complexity index is 1060. The molecule has 8 heteroatoms. The molecule has 0 saturated carbocycles. The molecule has 132 valence electrons. The van der Waals surface area contributed by atoms with Crippen molar-refractivity contribution in [2.24, 2.45) is 0 Å². The van der Waals surface area contributed by atoms with Crippen molar-refractivity contribution in [2.75, 3.05) is 5.32 Å². The molecule has 2 N–H and O–H groups in total. The standard InChI is InChI=1S/C18H13Cl2N3O3/c1-10-3-2-4-12(7-10)23-16(25)9-15(24)17(22-23)18(26)21-11-5-6-13(19)14(20)8-11/h2-9,24H,1H3,(H,21,26). The number of nitrogens with one attached hydrogen (secondary N) is 1. The Balaban J connectivity index is 1.99. The normalized spacial score (nSPS) is 10.6. The lowest BCUT2D eigenvalue weighted by atomic mass is 10.2. The van der Waals surface area contributed by atoms with Crippen LogP contribution in [0.25, 0.3) is 5.69 Å². The molecule has 26 heavy (non-hydrogen) atoms. The number of aryl methyl sites for hydroxylation is 1. The zero-order valence-corrected chi connectivity index (χ0v) is 15.0. The molecular weight excluding hydrogens is 377 g/mol. The minimum Gasteiger partial charge on any atom is -0.505 e. The molecule has 0 fully saturated rings. The number of aromatic nitrogens is 2. The fourth-order valence-corrected chi connectivity index (χ4v) is 2.62. The molecule has 0 aliphatic rings.